The highest BCUT2D eigenvalue weighted by molar-refractivity contribution is 6.11. The molecular formula is C20H28O3. The van der Waals surface area contributed by atoms with Crippen molar-refractivity contribution in [1.29, 1.82) is 0 Å². The Kier molecular flexibility index (Phi) is 3.91. The lowest BCUT2D eigenvalue weighted by atomic mass is 9.53. The summed E-state index contributed by atoms with van der Waals surface area (Å²) < 4.78 is 0. The predicted molar refractivity (Wildman–Crippen MR) is 89.8 cm³/mol. The smallest absolute Gasteiger partial charge is 0.187 e. The molecule has 0 spiro atoms. The van der Waals surface area contributed by atoms with Crippen molar-refractivity contribution >= 4 is 11.6 Å². The van der Waals surface area contributed by atoms with E-state index in [9.17, 15) is 14.7 Å². The molecule has 4 atom stereocenters. The third kappa shape index (κ3) is 2.53. The first-order valence-electron chi connectivity index (χ1n) is 8.83. The molecule has 3 heteroatoms. The van der Waals surface area contributed by atoms with Crippen molar-refractivity contribution in [3.63, 3.8) is 0 Å². The van der Waals surface area contributed by atoms with E-state index in [-0.39, 0.29) is 28.4 Å². The largest absolute Gasteiger partial charge is 0.388 e. The highest BCUT2D eigenvalue weighted by Gasteiger charge is 2.52. The van der Waals surface area contributed by atoms with E-state index < -0.39 is 6.10 Å². The molecule has 0 aromatic rings. The molecule has 0 radical (unpaired) electrons. The number of aliphatic hydroxyl groups excluding tert-OH is 1. The Morgan fingerprint density at radius 3 is 2.61 bits per heavy atom. The summed E-state index contributed by atoms with van der Waals surface area (Å²) in [5.74, 6) is 0.219. The van der Waals surface area contributed by atoms with Crippen LogP contribution in [0.25, 0.3) is 0 Å². The maximum absolute atomic E-state index is 13.0. The van der Waals surface area contributed by atoms with Crippen LogP contribution >= 0.6 is 0 Å². The molecule has 0 saturated heterocycles. The number of hydrogen-bond donors (Lipinski definition) is 1. The van der Waals surface area contributed by atoms with Gasteiger partial charge in [0, 0.05) is 23.3 Å². The zero-order valence-corrected chi connectivity index (χ0v) is 14.5. The SMILES string of the molecule is C=C1C(=O)C2=CC1CCC(=O)C1(C)CCCC(C)(C)C1CC2O. The molecule has 3 rings (SSSR count). The van der Waals surface area contributed by atoms with Crippen molar-refractivity contribution in [2.45, 2.75) is 65.4 Å². The lowest BCUT2D eigenvalue weighted by Crippen LogP contribution is -2.48. The van der Waals surface area contributed by atoms with E-state index in [2.05, 4.69) is 27.4 Å². The zero-order chi connectivity index (χ0) is 17.0. The predicted octanol–water partition coefficient (Wildman–Crippen LogP) is 3.61. The number of hydrogen-bond acceptors (Lipinski definition) is 3. The average Bonchev–Trinajstić information content (AvgIpc) is 2.75. The van der Waals surface area contributed by atoms with E-state index in [0.29, 0.717) is 36.2 Å². The Bertz CT molecular complexity index is 598. The molecule has 0 heterocycles. The molecule has 126 valence electrons. The highest BCUT2D eigenvalue weighted by atomic mass is 16.3. The number of rotatable bonds is 0. The van der Waals surface area contributed by atoms with Crippen LogP contribution < -0.4 is 0 Å². The highest BCUT2D eigenvalue weighted by Crippen LogP contribution is 2.55. The van der Waals surface area contributed by atoms with Gasteiger partial charge in [0.2, 0.25) is 0 Å². The van der Waals surface area contributed by atoms with Crippen LogP contribution in [0.1, 0.15) is 59.3 Å². The second-order valence-corrected chi connectivity index (χ2v) is 8.61. The molecule has 3 nitrogen and oxygen atoms in total. The summed E-state index contributed by atoms with van der Waals surface area (Å²) >= 11 is 0. The van der Waals surface area contributed by atoms with Crippen LogP contribution in [-0.2, 0) is 9.59 Å². The summed E-state index contributed by atoms with van der Waals surface area (Å²) in [7, 11) is 0. The van der Waals surface area contributed by atoms with Gasteiger partial charge in [-0.15, -0.1) is 0 Å². The van der Waals surface area contributed by atoms with E-state index in [4.69, 9.17) is 0 Å². The van der Waals surface area contributed by atoms with Crippen molar-refractivity contribution in [1.82, 2.24) is 0 Å². The Hall–Kier alpha value is -1.22. The van der Waals surface area contributed by atoms with Crippen molar-refractivity contribution in [2.24, 2.45) is 22.7 Å². The monoisotopic (exact) mass is 316 g/mol. The maximum Gasteiger partial charge on any atom is 0.187 e. The van der Waals surface area contributed by atoms with Crippen LogP contribution in [0, 0.1) is 22.7 Å². The first kappa shape index (κ1) is 16.6. The van der Waals surface area contributed by atoms with Crippen molar-refractivity contribution < 1.29 is 14.7 Å². The Balaban J connectivity index is 2.03. The van der Waals surface area contributed by atoms with E-state index in [0.717, 1.165) is 19.3 Å². The minimum absolute atomic E-state index is 0.00145. The lowest BCUT2D eigenvalue weighted by molar-refractivity contribution is -0.140. The van der Waals surface area contributed by atoms with Gasteiger partial charge in [-0.05, 0) is 42.6 Å². The van der Waals surface area contributed by atoms with Gasteiger partial charge in [0.15, 0.2) is 5.78 Å². The van der Waals surface area contributed by atoms with Crippen molar-refractivity contribution in [3.05, 3.63) is 23.8 Å². The minimum Gasteiger partial charge on any atom is -0.388 e. The van der Waals surface area contributed by atoms with Crippen LogP contribution in [0.15, 0.2) is 23.8 Å². The molecule has 23 heavy (non-hydrogen) atoms. The molecule has 1 fully saturated rings. The molecule has 0 aromatic carbocycles. The molecule has 0 aliphatic heterocycles. The fourth-order valence-corrected chi connectivity index (χ4v) is 5.22. The summed E-state index contributed by atoms with van der Waals surface area (Å²) in [6, 6.07) is 0. The number of carbonyl (C=O) groups excluding carboxylic acids is 2. The molecule has 4 unspecified atom stereocenters. The molecule has 1 saturated carbocycles. The number of aliphatic hydroxyl groups is 1. The second kappa shape index (κ2) is 5.41. The summed E-state index contributed by atoms with van der Waals surface area (Å²) in [5.41, 5.74) is 0.672. The zero-order valence-electron chi connectivity index (χ0n) is 14.5. The number of carbonyl (C=O) groups is 2. The van der Waals surface area contributed by atoms with E-state index in [1.165, 1.54) is 0 Å². The van der Waals surface area contributed by atoms with Gasteiger partial charge in [-0.2, -0.15) is 0 Å². The van der Waals surface area contributed by atoms with Crippen LogP contribution in [0.2, 0.25) is 0 Å². The molecule has 1 N–H and O–H groups in total. The van der Waals surface area contributed by atoms with Gasteiger partial charge in [0.25, 0.3) is 0 Å². The minimum atomic E-state index is -0.781. The Labute approximate surface area is 138 Å². The number of fused-ring (bicyclic) bond motifs is 2. The average molecular weight is 316 g/mol. The topological polar surface area (TPSA) is 54.4 Å². The summed E-state index contributed by atoms with van der Waals surface area (Å²) in [6.45, 7) is 10.4. The van der Waals surface area contributed by atoms with Gasteiger partial charge in [0.05, 0.1) is 6.10 Å². The fourth-order valence-electron chi connectivity index (χ4n) is 5.22. The Morgan fingerprint density at radius 2 is 1.91 bits per heavy atom. The van der Waals surface area contributed by atoms with Gasteiger partial charge in [-0.25, -0.2) is 0 Å². The maximum atomic E-state index is 13.0. The van der Waals surface area contributed by atoms with E-state index in [1.807, 2.05) is 6.08 Å². The van der Waals surface area contributed by atoms with Gasteiger partial charge in [-0.1, -0.05) is 39.8 Å². The first-order valence-corrected chi connectivity index (χ1v) is 8.83. The van der Waals surface area contributed by atoms with E-state index >= 15 is 0 Å². The molecule has 3 aliphatic rings. The van der Waals surface area contributed by atoms with E-state index in [1.54, 1.807) is 0 Å². The van der Waals surface area contributed by atoms with Gasteiger partial charge >= 0.3 is 0 Å². The van der Waals surface area contributed by atoms with Crippen LogP contribution in [0.4, 0.5) is 0 Å². The Morgan fingerprint density at radius 1 is 1.22 bits per heavy atom. The van der Waals surface area contributed by atoms with Gasteiger partial charge in [-0.3, -0.25) is 9.59 Å². The molecular weight excluding hydrogens is 288 g/mol. The van der Waals surface area contributed by atoms with Crippen LogP contribution in [0.5, 0.6) is 0 Å². The van der Waals surface area contributed by atoms with Crippen molar-refractivity contribution in [2.75, 3.05) is 0 Å². The van der Waals surface area contributed by atoms with Crippen LogP contribution in [-0.4, -0.2) is 22.8 Å². The third-order valence-electron chi connectivity index (χ3n) is 6.75. The quantitative estimate of drug-likeness (QED) is 0.695. The standard InChI is InChI=1S/C20H28O3/c1-12-13-6-7-17(22)20(4)9-5-8-19(2,3)16(20)11-15(21)14(10-13)18(12)23/h10,13,15-16,21H,1,5-9,11H2,2-4H3. The first-order chi connectivity index (χ1) is 10.7. The molecule has 3 aliphatic carbocycles. The molecule has 2 bridgehead atoms. The summed E-state index contributed by atoms with van der Waals surface area (Å²) in [6.07, 6.45) is 5.73. The third-order valence-corrected chi connectivity index (χ3v) is 6.75. The number of Topliss-reactive ketones (excluding diaryl/α,β-unsaturated/α-hetero) is 2. The van der Waals surface area contributed by atoms with Crippen LogP contribution in [0.3, 0.4) is 0 Å². The summed E-state index contributed by atoms with van der Waals surface area (Å²) in [5, 5.41) is 10.7. The number of ketones is 2. The summed E-state index contributed by atoms with van der Waals surface area (Å²) in [4.78, 5) is 25.4. The lowest BCUT2D eigenvalue weighted by Gasteiger charge is -2.51. The normalized spacial score (nSPS) is 40.6. The molecule has 0 amide bonds. The second-order valence-electron chi connectivity index (χ2n) is 8.61. The van der Waals surface area contributed by atoms with Gasteiger partial charge in [0.1, 0.15) is 5.78 Å². The van der Waals surface area contributed by atoms with Gasteiger partial charge < -0.3 is 5.11 Å². The molecule has 0 aromatic heterocycles. The fraction of sp³-hybridized carbons (Fsp3) is 0.700. The number of allylic oxidation sites excluding steroid dienone is 2. The van der Waals surface area contributed by atoms with Crippen molar-refractivity contribution in [3.8, 4) is 0 Å².